The topological polar surface area (TPSA) is 55.8 Å². The first-order chi connectivity index (χ1) is 8.20. The van der Waals surface area contributed by atoms with Gasteiger partial charge in [-0.15, -0.1) is 0 Å². The van der Waals surface area contributed by atoms with E-state index in [1.165, 1.54) is 0 Å². The molecule has 4 nitrogen and oxygen atoms in total. The molecular weight excluding hydrogens is 220 g/mol. The molecule has 0 heterocycles. The molecule has 0 saturated carbocycles. The zero-order valence-electron chi connectivity index (χ0n) is 10.1. The van der Waals surface area contributed by atoms with Crippen LogP contribution in [0.2, 0.25) is 0 Å². The fourth-order valence-electron chi connectivity index (χ4n) is 1.58. The van der Waals surface area contributed by atoms with Gasteiger partial charge in [-0.05, 0) is 19.4 Å². The van der Waals surface area contributed by atoms with Crippen molar-refractivity contribution >= 4 is 5.97 Å². The number of aliphatic hydroxyl groups is 1. The quantitative estimate of drug-likeness (QED) is 0.605. The van der Waals surface area contributed by atoms with Crippen LogP contribution in [-0.2, 0) is 14.3 Å². The van der Waals surface area contributed by atoms with Gasteiger partial charge in [0.25, 0.3) is 0 Å². The molecule has 0 aromatic heterocycles. The van der Waals surface area contributed by atoms with Crippen LogP contribution in [0, 0.1) is 0 Å². The van der Waals surface area contributed by atoms with Crippen LogP contribution in [0.5, 0.6) is 0 Å². The Balaban J connectivity index is 2.90. The Bertz CT molecular complexity index is 337. The van der Waals surface area contributed by atoms with E-state index in [-0.39, 0.29) is 6.61 Å². The molecule has 0 spiro atoms. The van der Waals surface area contributed by atoms with Gasteiger partial charge < -0.3 is 14.6 Å². The van der Waals surface area contributed by atoms with Crippen molar-refractivity contribution in [3.8, 4) is 0 Å². The molecule has 17 heavy (non-hydrogen) atoms. The maximum Gasteiger partial charge on any atom is 0.318 e. The number of carbonyl (C=O) groups excluding carboxylic acids is 1. The number of aliphatic hydroxyl groups excluding tert-OH is 1. The number of hydrogen-bond donors (Lipinski definition) is 1. The van der Waals surface area contributed by atoms with Crippen molar-refractivity contribution in [2.45, 2.75) is 26.1 Å². The third kappa shape index (κ3) is 3.84. The van der Waals surface area contributed by atoms with Gasteiger partial charge in [0.2, 0.25) is 0 Å². The van der Waals surface area contributed by atoms with Gasteiger partial charge in [0, 0.05) is 6.61 Å². The van der Waals surface area contributed by atoms with Crippen molar-refractivity contribution in [2.75, 3.05) is 13.2 Å². The molecule has 0 amide bonds. The standard InChI is InChI=1S/C13H18O4/c1-3-16-12(14)11(13(15)17-4-2)10-8-6-5-7-9-10/h5-9,11-12,14H,3-4H2,1-2H3. The van der Waals surface area contributed by atoms with Crippen LogP contribution in [0.4, 0.5) is 0 Å². The minimum Gasteiger partial charge on any atom is -0.465 e. The summed E-state index contributed by atoms with van der Waals surface area (Å²) in [7, 11) is 0. The lowest BCUT2D eigenvalue weighted by Crippen LogP contribution is -2.30. The number of ether oxygens (including phenoxy) is 2. The summed E-state index contributed by atoms with van der Waals surface area (Å²) in [5, 5.41) is 9.84. The Morgan fingerprint density at radius 3 is 2.41 bits per heavy atom. The summed E-state index contributed by atoms with van der Waals surface area (Å²) >= 11 is 0. The Morgan fingerprint density at radius 1 is 1.24 bits per heavy atom. The van der Waals surface area contributed by atoms with Gasteiger partial charge >= 0.3 is 5.97 Å². The van der Waals surface area contributed by atoms with E-state index in [1.54, 1.807) is 38.1 Å². The van der Waals surface area contributed by atoms with Crippen molar-refractivity contribution in [1.82, 2.24) is 0 Å². The highest BCUT2D eigenvalue weighted by atomic mass is 16.6. The lowest BCUT2D eigenvalue weighted by atomic mass is 9.99. The van der Waals surface area contributed by atoms with E-state index in [0.29, 0.717) is 12.2 Å². The lowest BCUT2D eigenvalue weighted by Gasteiger charge is -2.21. The third-order valence-electron chi connectivity index (χ3n) is 2.32. The van der Waals surface area contributed by atoms with Gasteiger partial charge in [-0.3, -0.25) is 4.79 Å². The second-order valence-corrected chi connectivity index (χ2v) is 3.49. The van der Waals surface area contributed by atoms with E-state index in [2.05, 4.69) is 0 Å². The van der Waals surface area contributed by atoms with Crippen LogP contribution in [0.25, 0.3) is 0 Å². The summed E-state index contributed by atoms with van der Waals surface area (Å²) in [6.45, 7) is 4.11. The van der Waals surface area contributed by atoms with E-state index in [4.69, 9.17) is 9.47 Å². The molecule has 1 N–H and O–H groups in total. The Hall–Kier alpha value is -1.39. The molecule has 0 bridgehead atoms. The van der Waals surface area contributed by atoms with E-state index in [0.717, 1.165) is 0 Å². The molecule has 2 unspecified atom stereocenters. The summed E-state index contributed by atoms with van der Waals surface area (Å²) in [5.74, 6) is -1.27. The van der Waals surface area contributed by atoms with E-state index in [1.807, 2.05) is 6.07 Å². The first-order valence-corrected chi connectivity index (χ1v) is 5.72. The van der Waals surface area contributed by atoms with Gasteiger partial charge in [-0.2, -0.15) is 0 Å². The van der Waals surface area contributed by atoms with Gasteiger partial charge in [0.05, 0.1) is 6.61 Å². The van der Waals surface area contributed by atoms with Crippen molar-refractivity contribution in [1.29, 1.82) is 0 Å². The molecule has 2 atom stereocenters. The van der Waals surface area contributed by atoms with Crippen molar-refractivity contribution in [3.05, 3.63) is 35.9 Å². The van der Waals surface area contributed by atoms with E-state index >= 15 is 0 Å². The van der Waals surface area contributed by atoms with Gasteiger partial charge in [-0.1, -0.05) is 30.3 Å². The predicted molar refractivity (Wildman–Crippen MR) is 63.4 cm³/mol. The summed E-state index contributed by atoms with van der Waals surface area (Å²) in [6.07, 6.45) is -1.18. The van der Waals surface area contributed by atoms with E-state index < -0.39 is 18.2 Å². The van der Waals surface area contributed by atoms with Crippen LogP contribution in [0.1, 0.15) is 25.3 Å². The van der Waals surface area contributed by atoms with Crippen molar-refractivity contribution in [3.63, 3.8) is 0 Å². The molecule has 1 aromatic carbocycles. The molecule has 0 aliphatic carbocycles. The van der Waals surface area contributed by atoms with Crippen molar-refractivity contribution < 1.29 is 19.4 Å². The number of rotatable bonds is 6. The molecule has 94 valence electrons. The third-order valence-corrected chi connectivity index (χ3v) is 2.32. The zero-order chi connectivity index (χ0) is 12.7. The SMILES string of the molecule is CCOC(=O)C(c1ccccc1)C(O)OCC. The number of carbonyl (C=O) groups is 1. The Morgan fingerprint density at radius 2 is 1.88 bits per heavy atom. The molecular formula is C13H18O4. The van der Waals surface area contributed by atoms with Crippen LogP contribution in [-0.4, -0.2) is 30.6 Å². The van der Waals surface area contributed by atoms with Crippen molar-refractivity contribution in [2.24, 2.45) is 0 Å². The largest absolute Gasteiger partial charge is 0.465 e. The molecule has 4 heteroatoms. The Kier molecular flexibility index (Phi) is 5.66. The summed E-state index contributed by atoms with van der Waals surface area (Å²) in [5.41, 5.74) is 0.687. The Labute approximate surface area is 101 Å². The second-order valence-electron chi connectivity index (χ2n) is 3.49. The molecule has 0 fully saturated rings. The first kappa shape index (κ1) is 13.7. The zero-order valence-corrected chi connectivity index (χ0v) is 10.1. The average Bonchev–Trinajstić information content (AvgIpc) is 2.31. The van der Waals surface area contributed by atoms with Crippen LogP contribution >= 0.6 is 0 Å². The highest BCUT2D eigenvalue weighted by molar-refractivity contribution is 5.78. The fourth-order valence-corrected chi connectivity index (χ4v) is 1.58. The summed E-state index contributed by atoms with van der Waals surface area (Å²) in [6, 6.07) is 8.99. The van der Waals surface area contributed by atoms with Gasteiger partial charge in [-0.25, -0.2) is 0 Å². The first-order valence-electron chi connectivity index (χ1n) is 5.72. The molecule has 0 saturated heterocycles. The molecule has 1 aromatic rings. The second kappa shape index (κ2) is 7.04. The lowest BCUT2D eigenvalue weighted by molar-refractivity contribution is -0.163. The highest BCUT2D eigenvalue weighted by Crippen LogP contribution is 2.22. The van der Waals surface area contributed by atoms with E-state index in [9.17, 15) is 9.90 Å². The van der Waals surface area contributed by atoms with Gasteiger partial charge in [0.1, 0.15) is 5.92 Å². The maximum atomic E-state index is 11.8. The molecule has 0 aliphatic rings. The number of hydrogen-bond acceptors (Lipinski definition) is 4. The molecule has 0 radical (unpaired) electrons. The van der Waals surface area contributed by atoms with Gasteiger partial charge in [0.15, 0.2) is 6.29 Å². The number of esters is 1. The smallest absolute Gasteiger partial charge is 0.318 e. The molecule has 0 aliphatic heterocycles. The summed E-state index contributed by atoms with van der Waals surface area (Å²) in [4.78, 5) is 11.8. The highest BCUT2D eigenvalue weighted by Gasteiger charge is 2.30. The summed E-state index contributed by atoms with van der Waals surface area (Å²) < 4.78 is 10.0. The minimum atomic E-state index is -1.18. The normalized spacial score (nSPS) is 14.1. The number of benzene rings is 1. The van der Waals surface area contributed by atoms with Crippen LogP contribution in [0.3, 0.4) is 0 Å². The average molecular weight is 238 g/mol. The minimum absolute atomic E-state index is 0.279. The molecule has 1 rings (SSSR count). The monoisotopic (exact) mass is 238 g/mol. The predicted octanol–water partition coefficient (Wildman–Crippen LogP) is 1.69. The van der Waals surface area contributed by atoms with Crippen LogP contribution < -0.4 is 0 Å². The fraction of sp³-hybridized carbons (Fsp3) is 0.462. The van der Waals surface area contributed by atoms with Crippen LogP contribution in [0.15, 0.2) is 30.3 Å². The maximum absolute atomic E-state index is 11.8.